The molecule has 1 aliphatic rings. The largest absolute Gasteiger partial charge is 0.490 e. The summed E-state index contributed by atoms with van der Waals surface area (Å²) in [5.41, 5.74) is 2.03. The number of aliphatic hydroxyl groups is 1. The molecule has 2 N–H and O–H groups in total. The molecule has 34 heavy (non-hydrogen) atoms. The maximum atomic E-state index is 13.0. The lowest BCUT2D eigenvalue weighted by molar-refractivity contribution is -0.906. The molecule has 3 rings (SSSR count). The van der Waals surface area contributed by atoms with Gasteiger partial charge in [0, 0.05) is 0 Å². The zero-order valence-corrected chi connectivity index (χ0v) is 20.8. The molecule has 1 atom stereocenters. The van der Waals surface area contributed by atoms with Crippen LogP contribution >= 0.6 is 11.6 Å². The third kappa shape index (κ3) is 6.04. The van der Waals surface area contributed by atoms with E-state index in [0.29, 0.717) is 25.7 Å². The Morgan fingerprint density at radius 2 is 1.74 bits per heavy atom. The summed E-state index contributed by atoms with van der Waals surface area (Å²) in [5, 5.41) is 10.2. The van der Waals surface area contributed by atoms with E-state index in [1.54, 1.807) is 0 Å². The first-order chi connectivity index (χ1) is 15.8. The van der Waals surface area contributed by atoms with Crippen LogP contribution in [0.4, 0.5) is 13.2 Å². The molecule has 2 aromatic carbocycles. The Bertz CT molecular complexity index is 1130. The highest BCUT2D eigenvalue weighted by Gasteiger charge is 2.36. The van der Waals surface area contributed by atoms with Crippen molar-refractivity contribution >= 4 is 21.6 Å². The maximum absolute atomic E-state index is 13.0. The van der Waals surface area contributed by atoms with Gasteiger partial charge in [0.2, 0.25) is 10.0 Å². The predicted octanol–water partition coefficient (Wildman–Crippen LogP) is 2.61. The zero-order chi connectivity index (χ0) is 25.3. The fraction of sp³-hybridized carbons (Fsp3) is 0.478. The van der Waals surface area contributed by atoms with Crippen molar-refractivity contribution in [2.45, 2.75) is 37.9 Å². The number of piperazine rings is 1. The first kappa shape index (κ1) is 26.7. The maximum Gasteiger partial charge on any atom is 0.416 e. The summed E-state index contributed by atoms with van der Waals surface area (Å²) in [7, 11) is -4.19. The van der Waals surface area contributed by atoms with Crippen molar-refractivity contribution in [3.05, 3.63) is 57.6 Å². The number of nitrogens with one attached hydrogen (secondary N) is 1. The van der Waals surface area contributed by atoms with Crippen LogP contribution in [-0.2, 0) is 16.2 Å². The molecular formula is C23H29ClF3N2O4S+. The average molecular weight is 522 g/mol. The van der Waals surface area contributed by atoms with Crippen LogP contribution in [0.15, 0.2) is 35.2 Å². The number of aliphatic hydroxyl groups excluding tert-OH is 1. The molecular weight excluding hydrogens is 493 g/mol. The second-order valence-electron chi connectivity index (χ2n) is 8.62. The summed E-state index contributed by atoms with van der Waals surface area (Å²) in [4.78, 5) is 0.431. The molecule has 188 valence electrons. The minimum absolute atomic E-state index is 0.105. The van der Waals surface area contributed by atoms with Crippen LogP contribution in [0.5, 0.6) is 5.75 Å². The van der Waals surface area contributed by atoms with Gasteiger partial charge in [-0.1, -0.05) is 23.7 Å². The van der Waals surface area contributed by atoms with Crippen molar-refractivity contribution in [1.82, 2.24) is 4.31 Å². The van der Waals surface area contributed by atoms with Crippen molar-refractivity contribution < 1.29 is 36.3 Å². The topological polar surface area (TPSA) is 71.3 Å². The number of hydrogen-bond acceptors (Lipinski definition) is 4. The Kier molecular flexibility index (Phi) is 8.19. The quantitative estimate of drug-likeness (QED) is 0.587. The molecule has 0 bridgehead atoms. The highest BCUT2D eigenvalue weighted by molar-refractivity contribution is 7.89. The number of rotatable bonds is 7. The normalized spacial score (nSPS) is 17.1. The standard InChI is InChI=1S/C23H28ClF3N2O4S/c1-15-4-5-16(2)22(17(15)3)33-14-19(30)13-28-8-10-29(11-9-28)34(31,32)21-12-18(23(25,26)27)6-7-20(21)24/h4-7,12,19,30H,8-11,13-14H2,1-3H3/p+1/t19-/m0/s1. The van der Waals surface area contributed by atoms with Gasteiger partial charge in [0.15, 0.2) is 0 Å². The SMILES string of the molecule is Cc1ccc(C)c(OC[C@@H](O)C[NH+]2CCN(S(=O)(=O)c3cc(C(F)(F)F)ccc3Cl)CC2)c1C. The van der Waals surface area contributed by atoms with E-state index in [1.807, 2.05) is 32.9 Å². The van der Waals surface area contributed by atoms with Gasteiger partial charge in [-0.15, -0.1) is 0 Å². The van der Waals surface area contributed by atoms with Gasteiger partial charge in [0.25, 0.3) is 0 Å². The highest BCUT2D eigenvalue weighted by atomic mass is 35.5. The molecule has 1 saturated heterocycles. The molecule has 1 aliphatic heterocycles. The van der Waals surface area contributed by atoms with E-state index in [0.717, 1.165) is 43.8 Å². The number of benzene rings is 2. The third-order valence-corrected chi connectivity index (χ3v) is 8.50. The third-order valence-electron chi connectivity index (χ3n) is 6.12. The molecule has 6 nitrogen and oxygen atoms in total. The van der Waals surface area contributed by atoms with Crippen molar-refractivity contribution in [2.24, 2.45) is 0 Å². The zero-order valence-electron chi connectivity index (χ0n) is 19.2. The number of quaternary nitrogens is 1. The first-order valence-corrected chi connectivity index (χ1v) is 12.7. The number of nitrogens with zero attached hydrogens (tertiary/aromatic N) is 1. The minimum Gasteiger partial charge on any atom is -0.490 e. The molecule has 0 aromatic heterocycles. The molecule has 11 heteroatoms. The Labute approximate surface area is 202 Å². The molecule has 2 aromatic rings. The predicted molar refractivity (Wildman–Crippen MR) is 123 cm³/mol. The van der Waals surface area contributed by atoms with Crippen LogP contribution in [0.25, 0.3) is 0 Å². The van der Waals surface area contributed by atoms with E-state index < -0.39 is 32.8 Å². The van der Waals surface area contributed by atoms with Crippen molar-refractivity contribution in [2.75, 3.05) is 39.3 Å². The second kappa shape index (κ2) is 10.4. The summed E-state index contributed by atoms with van der Waals surface area (Å²) in [6.45, 7) is 7.37. The van der Waals surface area contributed by atoms with Gasteiger partial charge < -0.3 is 14.7 Å². The smallest absolute Gasteiger partial charge is 0.416 e. The van der Waals surface area contributed by atoms with Gasteiger partial charge in [-0.25, -0.2) is 8.42 Å². The van der Waals surface area contributed by atoms with Crippen LogP contribution in [0.3, 0.4) is 0 Å². The molecule has 0 spiro atoms. The highest BCUT2D eigenvalue weighted by Crippen LogP contribution is 2.34. The number of ether oxygens (including phenoxy) is 1. The number of alkyl halides is 3. The van der Waals surface area contributed by atoms with Crippen LogP contribution in [-0.4, -0.2) is 63.3 Å². The molecule has 0 aliphatic carbocycles. The molecule has 0 radical (unpaired) electrons. The van der Waals surface area contributed by atoms with E-state index >= 15 is 0 Å². The Balaban J connectivity index is 1.59. The minimum atomic E-state index is -4.68. The summed E-state index contributed by atoms with van der Waals surface area (Å²) in [5.74, 6) is 0.753. The van der Waals surface area contributed by atoms with Crippen molar-refractivity contribution in [3.8, 4) is 5.75 Å². The van der Waals surface area contributed by atoms with Crippen LogP contribution in [0.1, 0.15) is 22.3 Å². The second-order valence-corrected chi connectivity index (χ2v) is 10.9. The number of sulfonamides is 1. The van der Waals surface area contributed by atoms with E-state index in [-0.39, 0.29) is 24.7 Å². The van der Waals surface area contributed by atoms with Crippen molar-refractivity contribution in [1.29, 1.82) is 0 Å². The summed E-state index contributed by atoms with van der Waals surface area (Å²) >= 11 is 5.94. The fourth-order valence-electron chi connectivity index (χ4n) is 3.98. The first-order valence-electron chi connectivity index (χ1n) is 10.9. The van der Waals surface area contributed by atoms with Crippen LogP contribution in [0.2, 0.25) is 5.02 Å². The molecule has 1 heterocycles. The molecule has 0 saturated carbocycles. The summed E-state index contributed by atoms with van der Waals surface area (Å²) in [6, 6.07) is 6.26. The van der Waals surface area contributed by atoms with E-state index in [2.05, 4.69) is 0 Å². The average Bonchev–Trinajstić information content (AvgIpc) is 2.76. The van der Waals surface area contributed by atoms with Gasteiger partial charge in [0.1, 0.15) is 29.9 Å². The Hall–Kier alpha value is -1.85. The van der Waals surface area contributed by atoms with Gasteiger partial charge >= 0.3 is 6.18 Å². The van der Waals surface area contributed by atoms with E-state index in [1.165, 1.54) is 0 Å². The molecule has 0 unspecified atom stereocenters. The lowest BCUT2D eigenvalue weighted by atomic mass is 10.1. The van der Waals surface area contributed by atoms with Gasteiger partial charge in [-0.05, 0) is 55.7 Å². The monoisotopic (exact) mass is 521 g/mol. The van der Waals surface area contributed by atoms with Gasteiger partial charge in [-0.3, -0.25) is 0 Å². The van der Waals surface area contributed by atoms with Crippen molar-refractivity contribution in [3.63, 3.8) is 0 Å². The summed E-state index contributed by atoms with van der Waals surface area (Å²) < 4.78 is 72.1. The number of hydrogen-bond donors (Lipinski definition) is 2. The van der Waals surface area contributed by atoms with E-state index in [4.69, 9.17) is 16.3 Å². The van der Waals surface area contributed by atoms with Gasteiger partial charge in [0.05, 0.1) is 36.8 Å². The Morgan fingerprint density at radius 3 is 2.35 bits per heavy atom. The van der Waals surface area contributed by atoms with Gasteiger partial charge in [-0.2, -0.15) is 17.5 Å². The fourth-order valence-corrected chi connectivity index (χ4v) is 5.92. The molecule has 0 amide bonds. The van der Waals surface area contributed by atoms with Crippen LogP contribution in [0, 0.1) is 20.8 Å². The molecule has 1 fully saturated rings. The number of aryl methyl sites for hydroxylation is 2. The van der Waals surface area contributed by atoms with Crippen LogP contribution < -0.4 is 9.64 Å². The number of halogens is 4. The lowest BCUT2D eigenvalue weighted by Gasteiger charge is -2.32. The van der Waals surface area contributed by atoms with E-state index in [9.17, 15) is 26.7 Å². The Morgan fingerprint density at radius 1 is 1.12 bits per heavy atom. The lowest BCUT2D eigenvalue weighted by Crippen LogP contribution is -3.15. The summed E-state index contributed by atoms with van der Waals surface area (Å²) in [6.07, 6.45) is -5.43.